The molecule has 0 aliphatic carbocycles. The molecule has 4 rings (SSSR count). The number of methoxy groups -OCH3 is 1. The molecule has 7 nitrogen and oxygen atoms in total. The summed E-state index contributed by atoms with van der Waals surface area (Å²) in [5.74, 6) is -0.556. The molecule has 4 aromatic rings. The van der Waals surface area contributed by atoms with E-state index in [9.17, 15) is 18.0 Å². The number of alkyl halides is 3. The van der Waals surface area contributed by atoms with Crippen LogP contribution in [0.15, 0.2) is 66.7 Å². The summed E-state index contributed by atoms with van der Waals surface area (Å²) in [7, 11) is 1.55. The Labute approximate surface area is 215 Å². The van der Waals surface area contributed by atoms with Crippen molar-refractivity contribution < 1.29 is 32.2 Å². The average Bonchev–Trinajstić information content (AvgIpc) is 3.28. The minimum atomic E-state index is -4.95. The molecular formula is C26H21ClF3N3O4. The van der Waals surface area contributed by atoms with Crippen molar-refractivity contribution in [3.63, 3.8) is 0 Å². The molecule has 0 bridgehead atoms. The van der Waals surface area contributed by atoms with Gasteiger partial charge in [-0.3, -0.25) is 0 Å². The molecule has 0 unspecified atom stereocenters. The second kappa shape index (κ2) is 10.9. The van der Waals surface area contributed by atoms with Gasteiger partial charge in [0.15, 0.2) is 5.69 Å². The van der Waals surface area contributed by atoms with Gasteiger partial charge in [0.2, 0.25) is 0 Å². The minimum absolute atomic E-state index is 0.0849. The van der Waals surface area contributed by atoms with E-state index in [1.807, 2.05) is 0 Å². The number of rotatable bonds is 8. The largest absolute Gasteiger partial charge is 0.573 e. The number of carbonyl (C=O) groups is 1. The van der Waals surface area contributed by atoms with Crippen molar-refractivity contribution in [2.75, 3.05) is 13.7 Å². The molecular weight excluding hydrogens is 511 g/mol. The van der Waals surface area contributed by atoms with Crippen molar-refractivity contribution in [3.05, 3.63) is 83.0 Å². The zero-order valence-corrected chi connectivity index (χ0v) is 20.5. The number of benzene rings is 3. The summed E-state index contributed by atoms with van der Waals surface area (Å²) in [6, 6.07) is 17.7. The van der Waals surface area contributed by atoms with Gasteiger partial charge in [-0.2, -0.15) is 0 Å². The van der Waals surface area contributed by atoms with E-state index in [4.69, 9.17) is 21.1 Å². The van der Waals surface area contributed by atoms with Crippen LogP contribution in [0.25, 0.3) is 22.4 Å². The lowest BCUT2D eigenvalue weighted by atomic mass is 10.0. The fourth-order valence-electron chi connectivity index (χ4n) is 3.70. The van der Waals surface area contributed by atoms with Crippen molar-refractivity contribution in [2.24, 2.45) is 0 Å². The van der Waals surface area contributed by atoms with E-state index in [1.54, 1.807) is 68.6 Å². The lowest BCUT2D eigenvalue weighted by Gasteiger charge is -2.16. The molecule has 0 aliphatic rings. The second-order valence-electron chi connectivity index (χ2n) is 7.78. The Bertz CT molecular complexity index is 1390. The normalized spacial score (nSPS) is 11.3. The molecule has 37 heavy (non-hydrogen) atoms. The van der Waals surface area contributed by atoms with E-state index in [1.165, 1.54) is 16.8 Å². The molecule has 11 heteroatoms. The third-order valence-corrected chi connectivity index (χ3v) is 5.58. The number of hydrogen-bond donors (Lipinski definition) is 0. The Balaban J connectivity index is 1.83. The standard InChI is InChI=1S/C26H21ClF3N3O4/c1-3-36-25(34)23-24(33(32-31-23)15-16-4-11-20(35-2)12-5-16)18-8-13-21(17-6-9-19(27)10-7-17)22(14-18)37-26(28,29)30/h4-14H,3,15H2,1-2H3. The van der Waals surface area contributed by atoms with Crippen molar-refractivity contribution in [2.45, 2.75) is 19.8 Å². The van der Waals surface area contributed by atoms with E-state index < -0.39 is 18.1 Å². The van der Waals surface area contributed by atoms with Crippen LogP contribution in [-0.2, 0) is 11.3 Å². The monoisotopic (exact) mass is 531 g/mol. The maximum absolute atomic E-state index is 13.4. The van der Waals surface area contributed by atoms with E-state index in [-0.39, 0.29) is 35.7 Å². The van der Waals surface area contributed by atoms with Gasteiger partial charge in [0, 0.05) is 16.1 Å². The zero-order valence-electron chi connectivity index (χ0n) is 19.8. The third-order valence-electron chi connectivity index (χ3n) is 5.33. The van der Waals surface area contributed by atoms with Gasteiger partial charge in [0.05, 0.1) is 20.3 Å². The SMILES string of the molecule is CCOC(=O)c1nnn(Cc2ccc(OC)cc2)c1-c1ccc(-c2ccc(Cl)cc2)c(OC(F)(F)F)c1. The molecule has 0 aliphatic heterocycles. The van der Waals surface area contributed by atoms with E-state index in [0.717, 1.165) is 5.56 Å². The molecule has 0 spiro atoms. The summed E-state index contributed by atoms with van der Waals surface area (Å²) >= 11 is 5.93. The smallest absolute Gasteiger partial charge is 0.497 e. The van der Waals surface area contributed by atoms with Crippen LogP contribution in [0, 0.1) is 0 Å². The van der Waals surface area contributed by atoms with Crippen LogP contribution in [0.4, 0.5) is 13.2 Å². The van der Waals surface area contributed by atoms with Crippen LogP contribution in [-0.4, -0.2) is 41.0 Å². The van der Waals surface area contributed by atoms with Crippen molar-refractivity contribution in [1.82, 2.24) is 15.0 Å². The number of nitrogens with zero attached hydrogens (tertiary/aromatic N) is 3. The van der Waals surface area contributed by atoms with Gasteiger partial charge in [0.25, 0.3) is 0 Å². The second-order valence-corrected chi connectivity index (χ2v) is 8.21. The molecule has 3 aromatic carbocycles. The van der Waals surface area contributed by atoms with E-state index >= 15 is 0 Å². The quantitative estimate of drug-likeness (QED) is 0.245. The highest BCUT2D eigenvalue weighted by atomic mass is 35.5. The summed E-state index contributed by atoms with van der Waals surface area (Å²) < 4.78 is 56.1. The molecule has 0 N–H and O–H groups in total. The lowest BCUT2D eigenvalue weighted by Crippen LogP contribution is -2.18. The predicted molar refractivity (Wildman–Crippen MR) is 131 cm³/mol. The maximum Gasteiger partial charge on any atom is 0.573 e. The van der Waals surface area contributed by atoms with Crippen molar-refractivity contribution in [3.8, 4) is 33.9 Å². The van der Waals surface area contributed by atoms with Gasteiger partial charge in [-0.15, -0.1) is 18.3 Å². The predicted octanol–water partition coefficient (Wildman–Crippen LogP) is 6.40. The highest BCUT2D eigenvalue weighted by molar-refractivity contribution is 6.30. The molecule has 0 fully saturated rings. The van der Waals surface area contributed by atoms with Gasteiger partial charge in [-0.25, -0.2) is 9.48 Å². The number of halogens is 4. The summed E-state index contributed by atoms with van der Waals surface area (Å²) in [4.78, 5) is 12.6. The summed E-state index contributed by atoms with van der Waals surface area (Å²) in [6.07, 6.45) is -4.95. The Hall–Kier alpha value is -4.05. The number of ether oxygens (including phenoxy) is 3. The average molecular weight is 532 g/mol. The number of hydrogen-bond acceptors (Lipinski definition) is 6. The fourth-order valence-corrected chi connectivity index (χ4v) is 3.82. The first-order valence-corrected chi connectivity index (χ1v) is 11.5. The van der Waals surface area contributed by atoms with Crippen LogP contribution in [0.5, 0.6) is 11.5 Å². The molecule has 0 atom stereocenters. The topological polar surface area (TPSA) is 75.5 Å². The molecule has 0 saturated carbocycles. The van der Waals surface area contributed by atoms with Crippen LogP contribution in [0.3, 0.4) is 0 Å². The maximum atomic E-state index is 13.4. The number of aromatic nitrogens is 3. The third kappa shape index (κ3) is 6.21. The Morgan fingerprint density at radius 1 is 1.00 bits per heavy atom. The Kier molecular flexibility index (Phi) is 7.68. The lowest BCUT2D eigenvalue weighted by molar-refractivity contribution is -0.274. The Morgan fingerprint density at radius 2 is 1.68 bits per heavy atom. The van der Waals surface area contributed by atoms with Crippen molar-refractivity contribution >= 4 is 17.6 Å². The fraction of sp³-hybridized carbons (Fsp3) is 0.192. The minimum Gasteiger partial charge on any atom is -0.497 e. The summed E-state index contributed by atoms with van der Waals surface area (Å²) in [5.41, 5.74) is 1.73. The first-order valence-electron chi connectivity index (χ1n) is 11.1. The van der Waals surface area contributed by atoms with Gasteiger partial charge in [-0.1, -0.05) is 47.1 Å². The molecule has 1 heterocycles. The highest BCUT2D eigenvalue weighted by Crippen LogP contribution is 2.38. The number of carbonyl (C=O) groups excluding carboxylic acids is 1. The van der Waals surface area contributed by atoms with E-state index in [2.05, 4.69) is 15.0 Å². The molecule has 0 amide bonds. The van der Waals surface area contributed by atoms with Crippen LogP contribution < -0.4 is 9.47 Å². The highest BCUT2D eigenvalue weighted by Gasteiger charge is 2.33. The Morgan fingerprint density at radius 3 is 2.30 bits per heavy atom. The van der Waals surface area contributed by atoms with Gasteiger partial charge in [0.1, 0.15) is 17.2 Å². The molecule has 0 saturated heterocycles. The van der Waals surface area contributed by atoms with Gasteiger partial charge >= 0.3 is 12.3 Å². The first kappa shape index (κ1) is 26.0. The van der Waals surface area contributed by atoms with Crippen LogP contribution >= 0.6 is 11.6 Å². The van der Waals surface area contributed by atoms with Gasteiger partial charge < -0.3 is 14.2 Å². The van der Waals surface area contributed by atoms with Crippen LogP contribution in [0.1, 0.15) is 23.0 Å². The van der Waals surface area contributed by atoms with Crippen LogP contribution in [0.2, 0.25) is 5.02 Å². The van der Waals surface area contributed by atoms with Crippen molar-refractivity contribution in [1.29, 1.82) is 0 Å². The summed E-state index contributed by atoms with van der Waals surface area (Å²) in [5, 5.41) is 8.49. The molecule has 192 valence electrons. The zero-order chi connectivity index (χ0) is 26.6. The number of esters is 1. The first-order chi connectivity index (χ1) is 17.7. The van der Waals surface area contributed by atoms with E-state index in [0.29, 0.717) is 16.3 Å². The summed E-state index contributed by atoms with van der Waals surface area (Å²) in [6.45, 7) is 1.90. The molecule has 1 aromatic heterocycles. The van der Waals surface area contributed by atoms with Gasteiger partial charge in [-0.05, 0) is 54.4 Å². The molecule has 0 radical (unpaired) electrons.